The van der Waals surface area contributed by atoms with Crippen molar-refractivity contribution in [3.05, 3.63) is 59.7 Å². The highest BCUT2D eigenvalue weighted by Gasteiger charge is 2.28. The number of ketones is 1. The van der Waals surface area contributed by atoms with Gasteiger partial charge in [-0.05, 0) is 55.5 Å². The van der Waals surface area contributed by atoms with Gasteiger partial charge in [-0.2, -0.15) is 13.2 Å². The van der Waals surface area contributed by atoms with Crippen LogP contribution < -0.4 is 10.0 Å². The van der Waals surface area contributed by atoms with Gasteiger partial charge in [0, 0.05) is 16.8 Å². The van der Waals surface area contributed by atoms with Gasteiger partial charge in [0.05, 0.1) is 4.90 Å². The van der Waals surface area contributed by atoms with E-state index in [0.29, 0.717) is 5.56 Å². The zero-order valence-electron chi connectivity index (χ0n) is 14.0. The topological polar surface area (TPSA) is 92.3 Å². The van der Waals surface area contributed by atoms with Crippen molar-refractivity contribution in [2.45, 2.75) is 18.0 Å². The maximum Gasteiger partial charge on any atom is 0.405 e. The van der Waals surface area contributed by atoms with Gasteiger partial charge in [0.15, 0.2) is 5.78 Å². The molecule has 27 heavy (non-hydrogen) atoms. The molecule has 6 nitrogen and oxygen atoms in total. The number of Topliss-reactive ketones (excluding diaryl/α,β-unsaturated/α-hetero) is 1. The van der Waals surface area contributed by atoms with E-state index in [0.717, 1.165) is 24.3 Å². The Kier molecular flexibility index (Phi) is 5.89. The lowest BCUT2D eigenvalue weighted by molar-refractivity contribution is -0.123. The van der Waals surface area contributed by atoms with Gasteiger partial charge in [0.1, 0.15) is 6.54 Å². The van der Waals surface area contributed by atoms with Crippen LogP contribution in [0.5, 0.6) is 0 Å². The molecular formula is C17H15F3N2O4S. The molecule has 10 heteroatoms. The van der Waals surface area contributed by atoms with Crippen molar-refractivity contribution in [2.24, 2.45) is 0 Å². The quantitative estimate of drug-likeness (QED) is 0.730. The maximum absolute atomic E-state index is 12.3. The largest absolute Gasteiger partial charge is 0.405 e. The van der Waals surface area contributed by atoms with Crippen LogP contribution in [0.3, 0.4) is 0 Å². The molecule has 144 valence electrons. The minimum atomic E-state index is -4.54. The minimum absolute atomic E-state index is 0.107. The number of hydrogen-bond acceptors (Lipinski definition) is 4. The Morgan fingerprint density at radius 2 is 1.44 bits per heavy atom. The average Bonchev–Trinajstić information content (AvgIpc) is 2.59. The van der Waals surface area contributed by atoms with Crippen LogP contribution in [-0.4, -0.2) is 32.8 Å². The lowest BCUT2D eigenvalue weighted by Gasteiger charge is -2.10. The van der Waals surface area contributed by atoms with E-state index in [1.165, 1.54) is 31.2 Å². The number of halogens is 3. The number of anilines is 1. The summed E-state index contributed by atoms with van der Waals surface area (Å²) in [6, 6.07) is 10.2. The minimum Gasteiger partial charge on any atom is -0.343 e. The Morgan fingerprint density at radius 1 is 0.926 bits per heavy atom. The molecule has 0 saturated heterocycles. The molecule has 2 aromatic carbocycles. The van der Waals surface area contributed by atoms with Crippen LogP contribution in [0.4, 0.5) is 18.9 Å². The smallest absolute Gasteiger partial charge is 0.343 e. The Morgan fingerprint density at radius 3 is 1.93 bits per heavy atom. The van der Waals surface area contributed by atoms with E-state index >= 15 is 0 Å². The molecule has 0 atom stereocenters. The van der Waals surface area contributed by atoms with Crippen LogP contribution in [0.2, 0.25) is 0 Å². The first-order valence-corrected chi connectivity index (χ1v) is 9.05. The average molecular weight is 400 g/mol. The summed E-state index contributed by atoms with van der Waals surface area (Å²) >= 11 is 0. The van der Waals surface area contributed by atoms with Gasteiger partial charge in [0.2, 0.25) is 0 Å². The lowest BCUT2D eigenvalue weighted by Crippen LogP contribution is -2.33. The summed E-state index contributed by atoms with van der Waals surface area (Å²) in [6.45, 7) is -0.102. The number of alkyl halides is 3. The summed E-state index contributed by atoms with van der Waals surface area (Å²) in [5.74, 6) is -1.13. The number of amides is 1. The van der Waals surface area contributed by atoms with Crippen LogP contribution in [0.1, 0.15) is 27.6 Å². The van der Waals surface area contributed by atoms with E-state index in [9.17, 15) is 31.2 Å². The van der Waals surface area contributed by atoms with Gasteiger partial charge in [-0.15, -0.1) is 0 Å². The number of rotatable bonds is 6. The van der Waals surface area contributed by atoms with E-state index < -0.39 is 28.7 Å². The molecule has 0 saturated carbocycles. The summed E-state index contributed by atoms with van der Waals surface area (Å²) in [4.78, 5) is 22.7. The maximum atomic E-state index is 12.3. The number of carbonyl (C=O) groups excluding carboxylic acids is 2. The standard InChI is InChI=1S/C17H15F3N2O4S/c1-11(23)12-2-6-14(7-3-12)22-27(25,26)15-8-4-13(5-9-15)16(24)21-10-17(18,19)20/h2-9,22H,10H2,1H3,(H,21,24). The number of sulfonamides is 1. The van der Waals surface area contributed by atoms with Crippen molar-refractivity contribution in [1.29, 1.82) is 0 Å². The molecule has 0 aliphatic heterocycles. The number of carbonyl (C=O) groups is 2. The molecule has 1 amide bonds. The third-order valence-corrected chi connectivity index (χ3v) is 4.82. The second kappa shape index (κ2) is 7.78. The van der Waals surface area contributed by atoms with Crippen LogP contribution in [0.15, 0.2) is 53.4 Å². The molecule has 0 fully saturated rings. The first-order valence-electron chi connectivity index (χ1n) is 7.57. The van der Waals surface area contributed by atoms with Crippen molar-refractivity contribution < 1.29 is 31.2 Å². The monoisotopic (exact) mass is 400 g/mol. The van der Waals surface area contributed by atoms with Crippen molar-refractivity contribution >= 4 is 27.4 Å². The van der Waals surface area contributed by atoms with Crippen molar-refractivity contribution in [2.75, 3.05) is 11.3 Å². The predicted molar refractivity (Wildman–Crippen MR) is 92.1 cm³/mol. The molecule has 0 spiro atoms. The summed E-state index contributed by atoms with van der Waals surface area (Å²) in [6.07, 6.45) is -4.54. The molecule has 0 heterocycles. The summed E-state index contributed by atoms with van der Waals surface area (Å²) in [7, 11) is -3.97. The van der Waals surface area contributed by atoms with E-state index in [4.69, 9.17) is 0 Å². The second-order valence-electron chi connectivity index (χ2n) is 5.56. The number of hydrogen-bond donors (Lipinski definition) is 2. The third kappa shape index (κ3) is 5.81. The Bertz CT molecular complexity index is 938. The van der Waals surface area contributed by atoms with Crippen LogP contribution in [0.25, 0.3) is 0 Å². The van der Waals surface area contributed by atoms with E-state index in [1.54, 1.807) is 5.32 Å². The zero-order chi connectivity index (χ0) is 20.2. The molecule has 0 aromatic heterocycles. The molecule has 0 aliphatic carbocycles. The van der Waals surface area contributed by atoms with E-state index in [-0.39, 0.29) is 21.9 Å². The number of benzene rings is 2. The molecule has 0 bridgehead atoms. The first-order chi connectivity index (χ1) is 12.5. The first kappa shape index (κ1) is 20.4. The fourth-order valence-electron chi connectivity index (χ4n) is 2.06. The Hall–Kier alpha value is -2.88. The van der Waals surface area contributed by atoms with Crippen molar-refractivity contribution in [3.63, 3.8) is 0 Å². The highest BCUT2D eigenvalue weighted by molar-refractivity contribution is 7.92. The summed E-state index contributed by atoms with van der Waals surface area (Å²) in [5.41, 5.74) is 0.545. The highest BCUT2D eigenvalue weighted by atomic mass is 32.2. The fourth-order valence-corrected chi connectivity index (χ4v) is 3.11. The SMILES string of the molecule is CC(=O)c1ccc(NS(=O)(=O)c2ccc(C(=O)NCC(F)(F)F)cc2)cc1. The van der Waals surface area contributed by atoms with Gasteiger partial charge < -0.3 is 5.32 Å². The van der Waals surface area contributed by atoms with Gasteiger partial charge in [-0.3, -0.25) is 14.3 Å². The lowest BCUT2D eigenvalue weighted by atomic mass is 10.1. The van der Waals surface area contributed by atoms with Crippen LogP contribution in [0, 0.1) is 0 Å². The number of nitrogens with one attached hydrogen (secondary N) is 2. The zero-order valence-corrected chi connectivity index (χ0v) is 14.8. The Balaban J connectivity index is 2.10. The Labute approximate surface area is 153 Å². The molecule has 2 N–H and O–H groups in total. The molecule has 0 unspecified atom stereocenters. The predicted octanol–water partition coefficient (Wildman–Crippen LogP) is 2.98. The van der Waals surface area contributed by atoms with Gasteiger partial charge in [0.25, 0.3) is 15.9 Å². The van der Waals surface area contributed by atoms with Gasteiger partial charge in [-0.25, -0.2) is 8.42 Å². The van der Waals surface area contributed by atoms with Gasteiger partial charge >= 0.3 is 6.18 Å². The summed E-state index contributed by atoms with van der Waals surface area (Å²) < 4.78 is 63.3. The molecule has 0 radical (unpaired) electrons. The van der Waals surface area contributed by atoms with Crippen molar-refractivity contribution in [3.8, 4) is 0 Å². The normalized spacial score (nSPS) is 11.7. The molecule has 2 rings (SSSR count). The van der Waals surface area contributed by atoms with Crippen LogP contribution in [-0.2, 0) is 10.0 Å². The molecule has 2 aromatic rings. The van der Waals surface area contributed by atoms with E-state index in [1.807, 2.05) is 0 Å². The van der Waals surface area contributed by atoms with Crippen molar-refractivity contribution in [1.82, 2.24) is 5.32 Å². The van der Waals surface area contributed by atoms with Crippen LogP contribution >= 0.6 is 0 Å². The third-order valence-electron chi connectivity index (χ3n) is 3.42. The summed E-state index contributed by atoms with van der Waals surface area (Å²) in [5, 5.41) is 1.69. The second-order valence-corrected chi connectivity index (χ2v) is 7.24. The molecule has 0 aliphatic rings. The van der Waals surface area contributed by atoms with E-state index in [2.05, 4.69) is 4.72 Å². The highest BCUT2D eigenvalue weighted by Crippen LogP contribution is 2.18. The fraction of sp³-hybridized carbons (Fsp3) is 0.176. The molecular weight excluding hydrogens is 385 g/mol. The van der Waals surface area contributed by atoms with Gasteiger partial charge in [-0.1, -0.05) is 0 Å².